The second-order valence-electron chi connectivity index (χ2n) is 5.21. The lowest BCUT2D eigenvalue weighted by atomic mass is 10.1. The van der Waals surface area contributed by atoms with E-state index in [1.165, 1.54) is 17.2 Å². The molecule has 3 heteroatoms. The molecule has 0 heterocycles. The highest BCUT2D eigenvalue weighted by atomic mass is 19.1. The fourth-order valence-corrected chi connectivity index (χ4v) is 1.97. The van der Waals surface area contributed by atoms with Gasteiger partial charge in [-0.3, -0.25) is 4.79 Å². The van der Waals surface area contributed by atoms with E-state index in [1.807, 2.05) is 19.1 Å². The molecule has 0 unspecified atom stereocenters. The van der Waals surface area contributed by atoms with E-state index in [4.69, 9.17) is 0 Å². The largest absolute Gasteiger partial charge is 0.345 e. The first-order valence-corrected chi connectivity index (χ1v) is 7.16. The molecule has 0 saturated heterocycles. The van der Waals surface area contributed by atoms with Crippen LogP contribution in [0, 0.1) is 31.5 Å². The van der Waals surface area contributed by atoms with Crippen LogP contribution in [0.1, 0.15) is 22.3 Å². The van der Waals surface area contributed by atoms with E-state index in [9.17, 15) is 9.18 Å². The van der Waals surface area contributed by atoms with E-state index < -0.39 is 0 Å². The first-order chi connectivity index (χ1) is 10.5. The number of aryl methyl sites for hydroxylation is 2. The summed E-state index contributed by atoms with van der Waals surface area (Å²) in [6, 6.07) is 12.7. The standard InChI is InChI=1S/C19H18FNO/c1-14-3-5-16(6-4-14)11-12-21-19(22)10-8-17-7-9-18(20)15(2)13-17/h3-7,9,13H,11-12H2,1-2H3,(H,21,22). The zero-order valence-corrected chi connectivity index (χ0v) is 12.7. The van der Waals surface area contributed by atoms with Crippen LogP contribution < -0.4 is 5.32 Å². The van der Waals surface area contributed by atoms with Crippen LogP contribution in [0.2, 0.25) is 0 Å². The molecule has 1 amide bonds. The maximum absolute atomic E-state index is 13.1. The van der Waals surface area contributed by atoms with Crippen LogP contribution in [0.3, 0.4) is 0 Å². The predicted octanol–water partition coefficient (Wildman–Crippen LogP) is 3.15. The molecule has 112 valence electrons. The molecular formula is C19H18FNO. The molecule has 0 spiro atoms. The molecule has 2 aromatic rings. The third kappa shape index (κ3) is 4.75. The molecule has 0 fully saturated rings. The van der Waals surface area contributed by atoms with Gasteiger partial charge in [-0.05, 0) is 49.6 Å². The maximum atomic E-state index is 13.1. The molecule has 0 radical (unpaired) electrons. The number of carbonyl (C=O) groups excluding carboxylic acids is 1. The molecule has 0 saturated carbocycles. The normalized spacial score (nSPS) is 9.77. The summed E-state index contributed by atoms with van der Waals surface area (Å²) >= 11 is 0. The number of hydrogen-bond donors (Lipinski definition) is 1. The Balaban J connectivity index is 1.84. The van der Waals surface area contributed by atoms with Crippen LogP contribution in [-0.4, -0.2) is 12.5 Å². The average molecular weight is 295 g/mol. The molecule has 0 aliphatic carbocycles. The van der Waals surface area contributed by atoms with E-state index in [2.05, 4.69) is 29.3 Å². The summed E-state index contributed by atoms with van der Waals surface area (Å²) in [6.07, 6.45) is 0.767. The molecule has 0 aliphatic heterocycles. The van der Waals surface area contributed by atoms with E-state index in [0.29, 0.717) is 17.7 Å². The topological polar surface area (TPSA) is 29.1 Å². The minimum atomic E-state index is -0.325. The van der Waals surface area contributed by atoms with E-state index >= 15 is 0 Å². The van der Waals surface area contributed by atoms with Gasteiger partial charge in [-0.2, -0.15) is 0 Å². The molecule has 0 aliphatic rings. The molecule has 22 heavy (non-hydrogen) atoms. The van der Waals surface area contributed by atoms with Crippen molar-refractivity contribution in [1.29, 1.82) is 0 Å². The summed E-state index contributed by atoms with van der Waals surface area (Å²) in [6.45, 7) is 4.25. The molecule has 2 nitrogen and oxygen atoms in total. The Hall–Kier alpha value is -2.60. The smallest absolute Gasteiger partial charge is 0.296 e. The van der Waals surface area contributed by atoms with Gasteiger partial charge < -0.3 is 5.32 Å². The van der Waals surface area contributed by atoms with Crippen molar-refractivity contribution in [3.05, 3.63) is 70.5 Å². The van der Waals surface area contributed by atoms with Gasteiger partial charge in [0, 0.05) is 18.0 Å². The Morgan fingerprint density at radius 1 is 1.14 bits per heavy atom. The first-order valence-electron chi connectivity index (χ1n) is 7.16. The van der Waals surface area contributed by atoms with Crippen molar-refractivity contribution in [3.8, 4) is 11.8 Å². The number of benzene rings is 2. The van der Waals surface area contributed by atoms with Gasteiger partial charge in [0.25, 0.3) is 5.91 Å². The summed E-state index contributed by atoms with van der Waals surface area (Å²) in [4.78, 5) is 11.7. The fraction of sp³-hybridized carbons (Fsp3) is 0.211. The van der Waals surface area contributed by atoms with Gasteiger partial charge in [-0.15, -0.1) is 0 Å². The number of amides is 1. The van der Waals surface area contributed by atoms with Crippen LogP contribution in [0.5, 0.6) is 0 Å². The van der Waals surface area contributed by atoms with Crippen molar-refractivity contribution in [2.24, 2.45) is 0 Å². The molecular weight excluding hydrogens is 277 g/mol. The van der Waals surface area contributed by atoms with Gasteiger partial charge in [0.15, 0.2) is 0 Å². The van der Waals surface area contributed by atoms with Gasteiger partial charge >= 0.3 is 0 Å². The molecule has 0 atom stereocenters. The Bertz CT molecular complexity index is 723. The van der Waals surface area contributed by atoms with Crippen LogP contribution in [0.4, 0.5) is 4.39 Å². The van der Waals surface area contributed by atoms with Crippen molar-refractivity contribution >= 4 is 5.91 Å². The summed E-state index contributed by atoms with van der Waals surface area (Å²) < 4.78 is 13.1. The lowest BCUT2D eigenvalue weighted by Gasteiger charge is -2.02. The van der Waals surface area contributed by atoms with Crippen molar-refractivity contribution in [1.82, 2.24) is 5.32 Å². The highest BCUT2D eigenvalue weighted by Crippen LogP contribution is 2.07. The highest BCUT2D eigenvalue weighted by Gasteiger charge is 1.98. The van der Waals surface area contributed by atoms with Crippen LogP contribution >= 0.6 is 0 Å². The second kappa shape index (κ2) is 7.42. The van der Waals surface area contributed by atoms with Crippen LogP contribution in [0.15, 0.2) is 42.5 Å². The lowest BCUT2D eigenvalue weighted by Crippen LogP contribution is -2.23. The monoisotopic (exact) mass is 295 g/mol. The number of halogens is 1. The van der Waals surface area contributed by atoms with Crippen molar-refractivity contribution < 1.29 is 9.18 Å². The zero-order chi connectivity index (χ0) is 15.9. The quantitative estimate of drug-likeness (QED) is 0.866. The molecule has 2 aromatic carbocycles. The Morgan fingerprint density at radius 3 is 2.55 bits per heavy atom. The average Bonchev–Trinajstić information content (AvgIpc) is 2.50. The van der Waals surface area contributed by atoms with Crippen LogP contribution in [-0.2, 0) is 11.2 Å². The van der Waals surface area contributed by atoms with Gasteiger partial charge in [0.05, 0.1) is 0 Å². The molecule has 2 rings (SSSR count). The third-order valence-electron chi connectivity index (χ3n) is 3.30. The third-order valence-corrected chi connectivity index (χ3v) is 3.30. The van der Waals surface area contributed by atoms with Gasteiger partial charge in [-0.25, -0.2) is 4.39 Å². The Kier molecular flexibility index (Phi) is 5.32. The second-order valence-corrected chi connectivity index (χ2v) is 5.21. The van der Waals surface area contributed by atoms with Gasteiger partial charge in [-0.1, -0.05) is 35.7 Å². The summed E-state index contributed by atoms with van der Waals surface area (Å²) in [5.41, 5.74) is 3.54. The molecule has 0 bridgehead atoms. The lowest BCUT2D eigenvalue weighted by molar-refractivity contribution is -0.115. The minimum absolute atomic E-state index is 0.270. The van der Waals surface area contributed by atoms with E-state index in [-0.39, 0.29) is 11.7 Å². The Morgan fingerprint density at radius 2 is 1.86 bits per heavy atom. The minimum Gasteiger partial charge on any atom is -0.345 e. The fourth-order valence-electron chi connectivity index (χ4n) is 1.97. The number of nitrogens with one attached hydrogen (secondary N) is 1. The number of hydrogen-bond acceptors (Lipinski definition) is 1. The van der Waals surface area contributed by atoms with Crippen molar-refractivity contribution in [3.63, 3.8) is 0 Å². The predicted molar refractivity (Wildman–Crippen MR) is 85.9 cm³/mol. The van der Waals surface area contributed by atoms with Crippen molar-refractivity contribution in [2.45, 2.75) is 20.3 Å². The van der Waals surface area contributed by atoms with Crippen LogP contribution in [0.25, 0.3) is 0 Å². The number of rotatable bonds is 3. The van der Waals surface area contributed by atoms with Crippen molar-refractivity contribution in [2.75, 3.05) is 6.54 Å². The van der Waals surface area contributed by atoms with Gasteiger partial charge in [0.1, 0.15) is 5.82 Å². The SMILES string of the molecule is Cc1ccc(CCNC(=O)C#Cc2ccc(F)c(C)c2)cc1. The molecule has 0 aromatic heterocycles. The summed E-state index contributed by atoms with van der Waals surface area (Å²) in [5, 5.41) is 2.76. The van der Waals surface area contributed by atoms with E-state index in [1.54, 1.807) is 19.1 Å². The maximum Gasteiger partial charge on any atom is 0.296 e. The first kappa shape index (κ1) is 15.8. The van der Waals surface area contributed by atoms with E-state index in [0.717, 1.165) is 6.42 Å². The van der Waals surface area contributed by atoms with Gasteiger partial charge in [0.2, 0.25) is 0 Å². The Labute approximate surface area is 130 Å². The summed E-state index contributed by atoms with van der Waals surface area (Å²) in [5.74, 6) is 4.66. The highest BCUT2D eigenvalue weighted by molar-refractivity contribution is 5.94. The molecule has 1 N–H and O–H groups in total. The summed E-state index contributed by atoms with van der Waals surface area (Å²) in [7, 11) is 0. The zero-order valence-electron chi connectivity index (χ0n) is 12.7. The number of carbonyl (C=O) groups is 1.